The minimum absolute atomic E-state index is 0.00936. The number of hydrogen-bond acceptors (Lipinski definition) is 2. The smallest absolute Gasteiger partial charge is 0.253 e. The number of nitrogens with one attached hydrogen (secondary N) is 1. The predicted molar refractivity (Wildman–Crippen MR) is 97.8 cm³/mol. The highest BCUT2D eigenvalue weighted by atomic mass is 79.9. The van der Waals surface area contributed by atoms with Crippen molar-refractivity contribution in [1.82, 2.24) is 4.90 Å². The van der Waals surface area contributed by atoms with Crippen LogP contribution in [0.4, 0.5) is 10.1 Å². The van der Waals surface area contributed by atoms with Crippen LogP contribution in [-0.2, 0) is 4.79 Å². The average Bonchev–Trinajstić information content (AvgIpc) is 2.64. The Bertz CT molecular complexity index is 754. The monoisotopic (exact) mass is 404 g/mol. The summed E-state index contributed by atoms with van der Waals surface area (Å²) in [6, 6.07) is 13.0. The molecule has 0 aromatic heterocycles. The van der Waals surface area contributed by atoms with Crippen molar-refractivity contribution in [2.24, 2.45) is 5.92 Å². The molecule has 2 aromatic rings. The fraction of sp³-hybridized carbons (Fsp3) is 0.263. The van der Waals surface area contributed by atoms with Gasteiger partial charge in [-0.2, -0.15) is 0 Å². The van der Waals surface area contributed by atoms with Crippen LogP contribution in [0.2, 0.25) is 0 Å². The Kier molecular flexibility index (Phi) is 5.48. The molecular formula is C19H18BrFN2O2. The van der Waals surface area contributed by atoms with Crippen LogP contribution in [0.25, 0.3) is 0 Å². The maximum atomic E-state index is 12.9. The number of carbonyl (C=O) groups excluding carboxylic acids is 2. The Balaban J connectivity index is 1.54. The van der Waals surface area contributed by atoms with E-state index in [0.29, 0.717) is 37.2 Å². The lowest BCUT2D eigenvalue weighted by Crippen LogP contribution is -2.41. The lowest BCUT2D eigenvalue weighted by atomic mass is 9.95. The van der Waals surface area contributed by atoms with Crippen molar-refractivity contribution in [2.75, 3.05) is 18.4 Å². The van der Waals surface area contributed by atoms with Crippen molar-refractivity contribution >= 4 is 33.4 Å². The molecule has 0 radical (unpaired) electrons. The van der Waals surface area contributed by atoms with Gasteiger partial charge >= 0.3 is 0 Å². The number of likely N-dealkylation sites (tertiary alicyclic amines) is 1. The van der Waals surface area contributed by atoms with Gasteiger partial charge in [-0.3, -0.25) is 9.59 Å². The van der Waals surface area contributed by atoms with Gasteiger partial charge in [0.15, 0.2) is 0 Å². The van der Waals surface area contributed by atoms with Crippen molar-refractivity contribution < 1.29 is 14.0 Å². The van der Waals surface area contributed by atoms with E-state index < -0.39 is 0 Å². The molecule has 130 valence electrons. The molecule has 0 spiro atoms. The Hall–Kier alpha value is -2.21. The van der Waals surface area contributed by atoms with E-state index in [9.17, 15) is 14.0 Å². The second-order valence-corrected chi connectivity index (χ2v) is 6.99. The first kappa shape index (κ1) is 17.6. The quantitative estimate of drug-likeness (QED) is 0.837. The maximum Gasteiger partial charge on any atom is 0.253 e. The van der Waals surface area contributed by atoms with Crippen LogP contribution in [0.15, 0.2) is 53.0 Å². The SMILES string of the molecule is O=C(Nc1ccc(F)cc1)C1CCN(C(=O)c2ccc(Br)cc2)CC1. The first-order valence-electron chi connectivity index (χ1n) is 8.14. The van der Waals surface area contributed by atoms with E-state index in [2.05, 4.69) is 21.2 Å². The minimum atomic E-state index is -0.335. The third kappa shape index (κ3) is 4.45. The molecule has 0 bridgehead atoms. The van der Waals surface area contributed by atoms with Crippen molar-refractivity contribution in [2.45, 2.75) is 12.8 Å². The normalized spacial score (nSPS) is 15.0. The van der Waals surface area contributed by atoms with Crippen LogP contribution >= 0.6 is 15.9 Å². The van der Waals surface area contributed by atoms with Gasteiger partial charge in [0.25, 0.3) is 5.91 Å². The summed E-state index contributed by atoms with van der Waals surface area (Å²) in [5.74, 6) is -0.566. The summed E-state index contributed by atoms with van der Waals surface area (Å²) in [6.45, 7) is 1.10. The molecule has 3 rings (SSSR count). The van der Waals surface area contributed by atoms with Crippen LogP contribution in [0, 0.1) is 11.7 Å². The predicted octanol–water partition coefficient (Wildman–Crippen LogP) is 4.08. The van der Waals surface area contributed by atoms with Crippen LogP contribution in [0.3, 0.4) is 0 Å². The second kappa shape index (κ2) is 7.78. The summed E-state index contributed by atoms with van der Waals surface area (Å²) in [6.07, 6.45) is 1.24. The number of anilines is 1. The molecule has 1 saturated heterocycles. The number of rotatable bonds is 3. The van der Waals surface area contributed by atoms with Gasteiger partial charge in [-0.15, -0.1) is 0 Å². The molecule has 0 aliphatic carbocycles. The van der Waals surface area contributed by atoms with E-state index in [-0.39, 0.29) is 23.5 Å². The summed E-state index contributed by atoms with van der Waals surface area (Å²) in [7, 11) is 0. The van der Waals surface area contributed by atoms with E-state index in [0.717, 1.165) is 4.47 Å². The number of halogens is 2. The summed E-state index contributed by atoms with van der Waals surface area (Å²) < 4.78 is 13.8. The fourth-order valence-corrected chi connectivity index (χ4v) is 3.16. The fourth-order valence-electron chi connectivity index (χ4n) is 2.90. The Labute approximate surface area is 154 Å². The van der Waals surface area contributed by atoms with Crippen LogP contribution in [-0.4, -0.2) is 29.8 Å². The molecule has 1 aliphatic heterocycles. The first-order valence-corrected chi connectivity index (χ1v) is 8.93. The second-order valence-electron chi connectivity index (χ2n) is 6.07. The summed E-state index contributed by atoms with van der Waals surface area (Å²) in [5.41, 5.74) is 1.23. The standard InChI is InChI=1S/C19H18BrFN2O2/c20-15-3-1-14(2-4-15)19(25)23-11-9-13(10-12-23)18(24)22-17-7-5-16(21)6-8-17/h1-8,13H,9-12H2,(H,22,24). The summed E-state index contributed by atoms with van der Waals surface area (Å²) in [5, 5.41) is 2.81. The van der Waals surface area contributed by atoms with E-state index in [1.807, 2.05) is 12.1 Å². The lowest BCUT2D eigenvalue weighted by Gasteiger charge is -2.31. The molecule has 2 amide bonds. The zero-order chi connectivity index (χ0) is 17.8. The molecule has 4 nitrogen and oxygen atoms in total. The van der Waals surface area contributed by atoms with Crippen LogP contribution < -0.4 is 5.32 Å². The van der Waals surface area contributed by atoms with Crippen molar-refractivity contribution in [3.8, 4) is 0 Å². The van der Waals surface area contributed by atoms with Gasteiger partial charge in [-0.05, 0) is 61.4 Å². The van der Waals surface area contributed by atoms with Gasteiger partial charge in [0.1, 0.15) is 5.82 Å². The van der Waals surface area contributed by atoms with E-state index in [1.54, 1.807) is 29.2 Å². The van der Waals surface area contributed by atoms with Crippen molar-refractivity contribution in [3.63, 3.8) is 0 Å². The summed E-state index contributed by atoms with van der Waals surface area (Å²) >= 11 is 3.36. The highest BCUT2D eigenvalue weighted by Crippen LogP contribution is 2.22. The van der Waals surface area contributed by atoms with E-state index in [4.69, 9.17) is 0 Å². The number of benzene rings is 2. The lowest BCUT2D eigenvalue weighted by molar-refractivity contribution is -0.121. The average molecular weight is 405 g/mol. The molecular weight excluding hydrogens is 387 g/mol. The Morgan fingerprint density at radius 3 is 2.20 bits per heavy atom. The molecule has 0 saturated carbocycles. The number of amides is 2. The summed E-state index contributed by atoms with van der Waals surface area (Å²) in [4.78, 5) is 26.6. The number of carbonyl (C=O) groups is 2. The highest BCUT2D eigenvalue weighted by molar-refractivity contribution is 9.10. The Morgan fingerprint density at radius 1 is 1.00 bits per heavy atom. The highest BCUT2D eigenvalue weighted by Gasteiger charge is 2.27. The molecule has 1 N–H and O–H groups in total. The molecule has 1 aliphatic rings. The zero-order valence-corrected chi connectivity index (χ0v) is 15.1. The molecule has 25 heavy (non-hydrogen) atoms. The molecule has 0 atom stereocenters. The van der Waals surface area contributed by atoms with Gasteiger partial charge in [0.05, 0.1) is 0 Å². The van der Waals surface area contributed by atoms with Crippen molar-refractivity contribution in [3.05, 3.63) is 64.4 Å². The zero-order valence-electron chi connectivity index (χ0n) is 13.5. The van der Waals surface area contributed by atoms with Gasteiger partial charge < -0.3 is 10.2 Å². The molecule has 2 aromatic carbocycles. The van der Waals surface area contributed by atoms with Crippen LogP contribution in [0.5, 0.6) is 0 Å². The van der Waals surface area contributed by atoms with E-state index in [1.165, 1.54) is 12.1 Å². The van der Waals surface area contributed by atoms with Crippen molar-refractivity contribution in [1.29, 1.82) is 0 Å². The number of hydrogen-bond donors (Lipinski definition) is 1. The number of nitrogens with zero attached hydrogens (tertiary/aromatic N) is 1. The molecule has 0 unspecified atom stereocenters. The van der Waals surface area contributed by atoms with Gasteiger partial charge in [0.2, 0.25) is 5.91 Å². The van der Waals surface area contributed by atoms with Crippen LogP contribution in [0.1, 0.15) is 23.2 Å². The van der Waals surface area contributed by atoms with Gasteiger partial charge in [0, 0.05) is 34.7 Å². The molecule has 6 heteroatoms. The molecule has 1 heterocycles. The Morgan fingerprint density at radius 2 is 1.60 bits per heavy atom. The first-order chi connectivity index (χ1) is 12.0. The third-order valence-corrected chi connectivity index (χ3v) is 4.88. The van der Waals surface area contributed by atoms with Gasteiger partial charge in [-0.1, -0.05) is 15.9 Å². The molecule has 1 fully saturated rings. The van der Waals surface area contributed by atoms with Gasteiger partial charge in [-0.25, -0.2) is 4.39 Å². The third-order valence-electron chi connectivity index (χ3n) is 4.36. The largest absolute Gasteiger partial charge is 0.339 e. The number of piperidine rings is 1. The maximum absolute atomic E-state index is 12.9. The minimum Gasteiger partial charge on any atom is -0.339 e. The van der Waals surface area contributed by atoms with E-state index >= 15 is 0 Å². The topological polar surface area (TPSA) is 49.4 Å².